The van der Waals surface area contributed by atoms with E-state index in [2.05, 4.69) is 5.32 Å². The maximum absolute atomic E-state index is 11.8. The summed E-state index contributed by atoms with van der Waals surface area (Å²) in [4.78, 5) is 11.8. The average molecular weight is 285 g/mol. The summed E-state index contributed by atoms with van der Waals surface area (Å²) in [7, 11) is 1.78. The fourth-order valence-corrected chi connectivity index (χ4v) is 2.17. The van der Waals surface area contributed by atoms with E-state index < -0.39 is 6.10 Å². The molecule has 110 valence electrons. The standard InChI is InChI=1S/C17H19NO3/c1-3-21-17(20)13-9-10-15(18-2)14(11-13)16(19)12-7-5-4-6-8-12/h4-11,16,18-19H,3H2,1-2H3. The second kappa shape index (κ2) is 6.90. The van der Waals surface area contributed by atoms with E-state index in [-0.39, 0.29) is 5.97 Å². The third-order valence-electron chi connectivity index (χ3n) is 3.24. The number of aliphatic hydroxyl groups excluding tert-OH is 1. The van der Waals surface area contributed by atoms with Crippen molar-refractivity contribution in [3.05, 3.63) is 65.2 Å². The predicted molar refractivity (Wildman–Crippen MR) is 82.4 cm³/mol. The number of carbonyl (C=O) groups is 1. The van der Waals surface area contributed by atoms with Crippen LogP contribution in [-0.2, 0) is 4.74 Å². The second-order valence-corrected chi connectivity index (χ2v) is 4.59. The number of carbonyl (C=O) groups excluding carboxylic acids is 1. The number of anilines is 1. The molecule has 0 saturated carbocycles. The van der Waals surface area contributed by atoms with Gasteiger partial charge in [0.05, 0.1) is 12.2 Å². The van der Waals surface area contributed by atoms with E-state index >= 15 is 0 Å². The van der Waals surface area contributed by atoms with E-state index in [4.69, 9.17) is 4.74 Å². The van der Waals surface area contributed by atoms with Crippen LogP contribution in [0.3, 0.4) is 0 Å². The molecule has 2 rings (SSSR count). The molecule has 0 aliphatic rings. The molecule has 2 N–H and O–H groups in total. The average Bonchev–Trinajstić information content (AvgIpc) is 2.54. The van der Waals surface area contributed by atoms with E-state index in [0.29, 0.717) is 17.7 Å². The molecule has 2 aromatic rings. The minimum absolute atomic E-state index is 0.323. The van der Waals surface area contributed by atoms with Crippen molar-refractivity contribution in [3.63, 3.8) is 0 Å². The Hall–Kier alpha value is -2.33. The molecule has 4 heteroatoms. The molecule has 0 saturated heterocycles. The molecule has 0 spiro atoms. The van der Waals surface area contributed by atoms with Crippen LogP contribution in [0.5, 0.6) is 0 Å². The molecule has 21 heavy (non-hydrogen) atoms. The van der Waals surface area contributed by atoms with Gasteiger partial charge in [0.15, 0.2) is 0 Å². The number of hydrogen-bond acceptors (Lipinski definition) is 4. The molecule has 0 heterocycles. The van der Waals surface area contributed by atoms with Gasteiger partial charge < -0.3 is 15.2 Å². The summed E-state index contributed by atoms with van der Waals surface area (Å²) < 4.78 is 5.00. The van der Waals surface area contributed by atoms with Gasteiger partial charge in [-0.25, -0.2) is 4.79 Å². The quantitative estimate of drug-likeness (QED) is 0.829. The maximum Gasteiger partial charge on any atom is 0.338 e. The Morgan fingerprint density at radius 3 is 2.57 bits per heavy atom. The van der Waals surface area contributed by atoms with Crippen molar-refractivity contribution in [2.24, 2.45) is 0 Å². The fourth-order valence-electron chi connectivity index (χ4n) is 2.17. The van der Waals surface area contributed by atoms with Gasteiger partial charge in [-0.05, 0) is 30.7 Å². The van der Waals surface area contributed by atoms with Crippen LogP contribution in [0, 0.1) is 0 Å². The van der Waals surface area contributed by atoms with E-state index in [1.807, 2.05) is 30.3 Å². The van der Waals surface area contributed by atoms with Crippen molar-refractivity contribution in [1.82, 2.24) is 0 Å². The summed E-state index contributed by atoms with van der Waals surface area (Å²) in [5.41, 5.74) is 2.63. The highest BCUT2D eigenvalue weighted by Crippen LogP contribution is 2.29. The van der Waals surface area contributed by atoms with Crippen molar-refractivity contribution in [2.75, 3.05) is 19.0 Å². The summed E-state index contributed by atoms with van der Waals surface area (Å²) in [6, 6.07) is 14.5. The van der Waals surface area contributed by atoms with Gasteiger partial charge in [0.2, 0.25) is 0 Å². The maximum atomic E-state index is 11.8. The van der Waals surface area contributed by atoms with Crippen LogP contribution < -0.4 is 5.32 Å². The van der Waals surface area contributed by atoms with Crippen LogP contribution in [0.15, 0.2) is 48.5 Å². The molecule has 1 atom stereocenters. The van der Waals surface area contributed by atoms with Gasteiger partial charge >= 0.3 is 5.97 Å². The highest BCUT2D eigenvalue weighted by Gasteiger charge is 2.17. The number of hydrogen-bond donors (Lipinski definition) is 2. The molecule has 0 aliphatic carbocycles. The van der Waals surface area contributed by atoms with E-state index in [1.54, 1.807) is 32.2 Å². The highest BCUT2D eigenvalue weighted by molar-refractivity contribution is 5.90. The first-order chi connectivity index (χ1) is 10.2. The van der Waals surface area contributed by atoms with E-state index in [0.717, 1.165) is 11.3 Å². The predicted octanol–water partition coefficient (Wildman–Crippen LogP) is 2.99. The molecule has 0 amide bonds. The minimum atomic E-state index is -0.803. The molecule has 0 fully saturated rings. The fraction of sp³-hybridized carbons (Fsp3) is 0.235. The molecule has 0 aliphatic heterocycles. The normalized spacial score (nSPS) is 11.8. The van der Waals surface area contributed by atoms with Crippen molar-refractivity contribution in [2.45, 2.75) is 13.0 Å². The lowest BCUT2D eigenvalue weighted by molar-refractivity contribution is 0.0526. The zero-order chi connectivity index (χ0) is 15.2. The molecule has 0 aromatic heterocycles. The van der Waals surface area contributed by atoms with Gasteiger partial charge in [0.25, 0.3) is 0 Å². The molecular formula is C17H19NO3. The Bertz CT molecular complexity index is 611. The summed E-state index contributed by atoms with van der Waals surface area (Å²) in [5, 5.41) is 13.6. The summed E-state index contributed by atoms with van der Waals surface area (Å²) in [5.74, 6) is -0.387. The Labute approximate surface area is 124 Å². The van der Waals surface area contributed by atoms with E-state index in [9.17, 15) is 9.90 Å². The van der Waals surface area contributed by atoms with Crippen LogP contribution in [0.25, 0.3) is 0 Å². The third-order valence-corrected chi connectivity index (χ3v) is 3.24. The smallest absolute Gasteiger partial charge is 0.338 e. The van der Waals surface area contributed by atoms with Gasteiger partial charge in [-0.15, -0.1) is 0 Å². The Morgan fingerprint density at radius 2 is 1.95 bits per heavy atom. The first-order valence-electron chi connectivity index (χ1n) is 6.89. The molecule has 2 aromatic carbocycles. The summed E-state index contributed by atoms with van der Waals surface area (Å²) >= 11 is 0. The minimum Gasteiger partial charge on any atom is -0.462 e. The lowest BCUT2D eigenvalue weighted by Gasteiger charge is -2.17. The van der Waals surface area contributed by atoms with Gasteiger partial charge in [-0.3, -0.25) is 0 Å². The van der Waals surface area contributed by atoms with Gasteiger partial charge in [0.1, 0.15) is 6.10 Å². The lowest BCUT2D eigenvalue weighted by Crippen LogP contribution is -2.09. The Morgan fingerprint density at radius 1 is 1.24 bits per heavy atom. The molecule has 0 radical (unpaired) electrons. The van der Waals surface area contributed by atoms with Gasteiger partial charge in [-0.1, -0.05) is 30.3 Å². The number of nitrogens with one attached hydrogen (secondary N) is 1. The largest absolute Gasteiger partial charge is 0.462 e. The van der Waals surface area contributed by atoms with E-state index in [1.165, 1.54) is 0 Å². The lowest BCUT2D eigenvalue weighted by atomic mass is 9.98. The zero-order valence-corrected chi connectivity index (χ0v) is 12.2. The van der Waals surface area contributed by atoms with Crippen molar-refractivity contribution >= 4 is 11.7 Å². The zero-order valence-electron chi connectivity index (χ0n) is 12.2. The highest BCUT2D eigenvalue weighted by atomic mass is 16.5. The monoisotopic (exact) mass is 285 g/mol. The molecule has 1 unspecified atom stereocenters. The van der Waals surface area contributed by atoms with Crippen molar-refractivity contribution in [3.8, 4) is 0 Å². The van der Waals surface area contributed by atoms with Crippen LogP contribution in [0.1, 0.15) is 34.5 Å². The van der Waals surface area contributed by atoms with Crippen LogP contribution in [-0.4, -0.2) is 24.7 Å². The topological polar surface area (TPSA) is 58.6 Å². The molecule has 4 nitrogen and oxygen atoms in total. The number of rotatable bonds is 5. The Kier molecular flexibility index (Phi) is 4.95. The summed E-state index contributed by atoms with van der Waals surface area (Å²) in [6.07, 6.45) is -0.803. The number of aliphatic hydroxyl groups is 1. The second-order valence-electron chi connectivity index (χ2n) is 4.59. The molecular weight excluding hydrogens is 266 g/mol. The van der Waals surface area contributed by atoms with Crippen molar-refractivity contribution < 1.29 is 14.6 Å². The number of esters is 1. The first-order valence-corrected chi connectivity index (χ1v) is 6.89. The van der Waals surface area contributed by atoms with Crippen LogP contribution in [0.2, 0.25) is 0 Å². The van der Waals surface area contributed by atoms with Gasteiger partial charge in [0, 0.05) is 18.3 Å². The number of ether oxygens (including phenoxy) is 1. The van der Waals surface area contributed by atoms with Crippen LogP contribution in [0.4, 0.5) is 5.69 Å². The van der Waals surface area contributed by atoms with Gasteiger partial charge in [-0.2, -0.15) is 0 Å². The van der Waals surface area contributed by atoms with Crippen LogP contribution >= 0.6 is 0 Å². The molecule has 0 bridgehead atoms. The Balaban J connectivity index is 2.40. The summed E-state index contributed by atoms with van der Waals surface area (Å²) in [6.45, 7) is 2.09. The number of benzene rings is 2. The third kappa shape index (κ3) is 3.41. The SMILES string of the molecule is CCOC(=O)c1ccc(NC)c(C(O)c2ccccc2)c1. The van der Waals surface area contributed by atoms with Crippen molar-refractivity contribution in [1.29, 1.82) is 0 Å². The first kappa shape index (κ1) is 15.1.